The lowest BCUT2D eigenvalue weighted by molar-refractivity contribution is 0.168. The molecule has 5 heteroatoms. The van der Waals surface area contributed by atoms with Crippen LogP contribution in [0.3, 0.4) is 0 Å². The van der Waals surface area contributed by atoms with Crippen LogP contribution >= 0.6 is 0 Å². The molecule has 1 aromatic carbocycles. The van der Waals surface area contributed by atoms with Crippen LogP contribution < -0.4 is 0 Å². The van der Waals surface area contributed by atoms with Crippen LogP contribution in [0.1, 0.15) is 11.1 Å². The first-order valence-electron chi connectivity index (χ1n) is 5.47. The van der Waals surface area contributed by atoms with E-state index in [1.807, 2.05) is 6.07 Å². The van der Waals surface area contributed by atoms with E-state index in [4.69, 9.17) is 9.47 Å². The number of ether oxygens (including phenoxy) is 2. The Hall–Kier alpha value is -1.85. The second-order valence-electron chi connectivity index (χ2n) is 4.00. The second-order valence-corrected chi connectivity index (χ2v) is 4.00. The Bertz CT molecular complexity index is 568. The van der Waals surface area contributed by atoms with E-state index in [1.54, 1.807) is 20.3 Å². The summed E-state index contributed by atoms with van der Waals surface area (Å²) in [5, 5.41) is 20.5. The molecule has 0 saturated carbocycles. The fourth-order valence-electron chi connectivity index (χ4n) is 1.91. The predicted octanol–water partition coefficient (Wildman–Crippen LogP) is 1.94. The number of aromatic nitrogens is 1. The third-order valence-electron chi connectivity index (χ3n) is 2.76. The van der Waals surface area contributed by atoms with E-state index >= 15 is 0 Å². The molecule has 1 aromatic heterocycles. The van der Waals surface area contributed by atoms with Crippen LogP contribution in [0.4, 0.5) is 0 Å². The molecule has 0 aliphatic heterocycles. The summed E-state index contributed by atoms with van der Waals surface area (Å²) in [5.41, 5.74) is 1.88. The smallest absolute Gasteiger partial charge is 0.254 e. The van der Waals surface area contributed by atoms with Crippen LogP contribution in [0.15, 0.2) is 18.3 Å². The first kappa shape index (κ1) is 12.6. The lowest BCUT2D eigenvalue weighted by atomic mass is 10.0. The average molecular weight is 249 g/mol. The zero-order valence-electron chi connectivity index (χ0n) is 10.3. The Morgan fingerprint density at radius 2 is 1.67 bits per heavy atom. The molecule has 0 aliphatic rings. The van der Waals surface area contributed by atoms with Gasteiger partial charge in [-0.15, -0.1) is 0 Å². The summed E-state index contributed by atoms with van der Waals surface area (Å²) >= 11 is 0. The Morgan fingerprint density at radius 1 is 1.06 bits per heavy atom. The number of aromatic hydroxyl groups is 2. The Morgan fingerprint density at radius 3 is 2.28 bits per heavy atom. The van der Waals surface area contributed by atoms with Gasteiger partial charge in [-0.3, -0.25) is 0 Å². The van der Waals surface area contributed by atoms with E-state index in [0.717, 1.165) is 16.5 Å². The molecule has 0 bridgehead atoms. The highest BCUT2D eigenvalue weighted by Gasteiger charge is 2.11. The van der Waals surface area contributed by atoms with Crippen LogP contribution in [-0.4, -0.2) is 29.4 Å². The number of benzene rings is 1. The van der Waals surface area contributed by atoms with E-state index < -0.39 is 0 Å². The molecule has 96 valence electrons. The molecular weight excluding hydrogens is 234 g/mol. The summed E-state index contributed by atoms with van der Waals surface area (Å²) in [6.45, 7) is 0.868. The molecule has 2 N–H and O–H groups in total. The molecule has 5 nitrogen and oxygen atoms in total. The van der Waals surface area contributed by atoms with Gasteiger partial charge < -0.3 is 19.7 Å². The number of hydrogen-bond acceptors (Lipinski definition) is 5. The maximum absolute atomic E-state index is 9.79. The molecule has 0 fully saturated rings. The first-order valence-corrected chi connectivity index (χ1v) is 5.47. The number of rotatable bonds is 4. The van der Waals surface area contributed by atoms with Gasteiger partial charge in [-0.1, -0.05) is 0 Å². The van der Waals surface area contributed by atoms with Gasteiger partial charge in [0, 0.05) is 31.2 Å². The standard InChI is InChI=1S/C13H15NO4/c1-17-6-9-3-8-5-14-13(16)12(15)11(8)4-10(9)7-18-2/h3-5,15H,6-7H2,1-2H3,(H,14,16). The number of methoxy groups -OCH3 is 2. The Labute approximate surface area is 105 Å². The van der Waals surface area contributed by atoms with Crippen LogP contribution in [0.25, 0.3) is 10.8 Å². The minimum atomic E-state index is -0.370. The van der Waals surface area contributed by atoms with E-state index in [-0.39, 0.29) is 11.6 Å². The molecule has 18 heavy (non-hydrogen) atoms. The maximum atomic E-state index is 9.79. The zero-order chi connectivity index (χ0) is 13.1. The van der Waals surface area contributed by atoms with Crippen LogP contribution in [0, 0.1) is 0 Å². The van der Waals surface area contributed by atoms with Crippen LogP contribution in [-0.2, 0) is 22.7 Å². The van der Waals surface area contributed by atoms with Gasteiger partial charge in [0.2, 0.25) is 0 Å². The van der Waals surface area contributed by atoms with Crippen molar-refractivity contribution in [1.82, 2.24) is 4.98 Å². The number of hydrogen-bond donors (Lipinski definition) is 2. The van der Waals surface area contributed by atoms with Crippen molar-refractivity contribution in [2.75, 3.05) is 14.2 Å². The van der Waals surface area contributed by atoms with Gasteiger partial charge in [-0.2, -0.15) is 0 Å². The lowest BCUT2D eigenvalue weighted by Crippen LogP contribution is -1.98. The van der Waals surface area contributed by atoms with Crippen molar-refractivity contribution in [2.24, 2.45) is 0 Å². The molecule has 1 heterocycles. The minimum Gasteiger partial charge on any atom is -0.503 e. The SMILES string of the molecule is COCc1cc2cnc(O)c(O)c2cc1COC. The van der Waals surface area contributed by atoms with Crippen molar-refractivity contribution < 1.29 is 19.7 Å². The highest BCUT2D eigenvalue weighted by Crippen LogP contribution is 2.33. The molecule has 0 aliphatic carbocycles. The fourth-order valence-corrected chi connectivity index (χ4v) is 1.91. The summed E-state index contributed by atoms with van der Waals surface area (Å²) in [6.07, 6.45) is 1.51. The summed E-state index contributed by atoms with van der Waals surface area (Å²) in [7, 11) is 3.22. The molecule has 2 aromatic rings. The third-order valence-corrected chi connectivity index (χ3v) is 2.76. The quantitative estimate of drug-likeness (QED) is 0.866. The number of pyridine rings is 1. The molecule has 0 atom stereocenters. The lowest BCUT2D eigenvalue weighted by Gasteiger charge is -2.11. The van der Waals surface area contributed by atoms with Gasteiger partial charge in [0.25, 0.3) is 5.88 Å². The van der Waals surface area contributed by atoms with E-state index in [1.165, 1.54) is 6.20 Å². The summed E-state index contributed by atoms with van der Waals surface area (Å²) in [6, 6.07) is 3.66. The van der Waals surface area contributed by atoms with Crippen LogP contribution in [0.5, 0.6) is 11.6 Å². The van der Waals surface area contributed by atoms with E-state index in [9.17, 15) is 10.2 Å². The largest absolute Gasteiger partial charge is 0.503 e. The maximum Gasteiger partial charge on any atom is 0.254 e. The molecule has 2 rings (SSSR count). The van der Waals surface area contributed by atoms with Gasteiger partial charge >= 0.3 is 0 Å². The van der Waals surface area contributed by atoms with E-state index in [0.29, 0.717) is 18.6 Å². The number of nitrogens with zero attached hydrogens (tertiary/aromatic N) is 1. The van der Waals surface area contributed by atoms with Crippen LogP contribution in [0.2, 0.25) is 0 Å². The van der Waals surface area contributed by atoms with Crippen molar-refractivity contribution in [3.05, 3.63) is 29.5 Å². The monoisotopic (exact) mass is 249 g/mol. The molecule has 0 radical (unpaired) electrons. The summed E-state index contributed by atoms with van der Waals surface area (Å²) < 4.78 is 10.2. The van der Waals surface area contributed by atoms with Crippen molar-refractivity contribution >= 4 is 10.8 Å². The van der Waals surface area contributed by atoms with Gasteiger partial charge in [-0.05, 0) is 23.3 Å². The molecular formula is C13H15NO4. The van der Waals surface area contributed by atoms with Gasteiger partial charge in [0.1, 0.15) is 0 Å². The van der Waals surface area contributed by atoms with Gasteiger partial charge in [-0.25, -0.2) is 4.98 Å². The van der Waals surface area contributed by atoms with Crippen molar-refractivity contribution in [3.63, 3.8) is 0 Å². The first-order chi connectivity index (χ1) is 8.67. The second kappa shape index (κ2) is 5.20. The predicted molar refractivity (Wildman–Crippen MR) is 66.5 cm³/mol. The highest BCUT2D eigenvalue weighted by atomic mass is 16.5. The highest BCUT2D eigenvalue weighted by molar-refractivity contribution is 5.90. The molecule has 0 unspecified atom stereocenters. The van der Waals surface area contributed by atoms with Gasteiger partial charge in [0.05, 0.1) is 13.2 Å². The van der Waals surface area contributed by atoms with Crippen molar-refractivity contribution in [2.45, 2.75) is 13.2 Å². The van der Waals surface area contributed by atoms with E-state index in [2.05, 4.69) is 4.98 Å². The normalized spacial score (nSPS) is 11.0. The summed E-state index contributed by atoms with van der Waals surface area (Å²) in [5.74, 6) is -0.584. The minimum absolute atomic E-state index is 0.214. The third kappa shape index (κ3) is 2.23. The molecule has 0 saturated heterocycles. The molecule has 0 amide bonds. The fraction of sp³-hybridized carbons (Fsp3) is 0.308. The van der Waals surface area contributed by atoms with Gasteiger partial charge in [0.15, 0.2) is 5.75 Å². The van der Waals surface area contributed by atoms with Crippen molar-refractivity contribution in [1.29, 1.82) is 0 Å². The zero-order valence-corrected chi connectivity index (χ0v) is 10.3. The Balaban J connectivity index is 2.64. The Kier molecular flexibility index (Phi) is 3.64. The average Bonchev–Trinajstić information content (AvgIpc) is 2.36. The number of fused-ring (bicyclic) bond motifs is 1. The topological polar surface area (TPSA) is 71.8 Å². The summed E-state index contributed by atoms with van der Waals surface area (Å²) in [4.78, 5) is 3.72. The van der Waals surface area contributed by atoms with Crippen molar-refractivity contribution in [3.8, 4) is 11.6 Å². The molecule has 0 spiro atoms.